The molecular weight excluding hydrogens is 284 g/mol. The molecule has 116 valence electrons. The van der Waals surface area contributed by atoms with E-state index in [0.717, 1.165) is 0 Å². The van der Waals surface area contributed by atoms with Gasteiger partial charge in [-0.2, -0.15) is 0 Å². The van der Waals surface area contributed by atoms with Crippen molar-refractivity contribution in [2.24, 2.45) is 0 Å². The summed E-state index contributed by atoms with van der Waals surface area (Å²) in [4.78, 5) is 33.3. The van der Waals surface area contributed by atoms with Gasteiger partial charge in [0.1, 0.15) is 6.23 Å². The van der Waals surface area contributed by atoms with E-state index in [-0.39, 0.29) is 18.6 Å². The number of rotatable bonds is 8. The van der Waals surface area contributed by atoms with Crippen LogP contribution in [0.2, 0.25) is 6.55 Å². The molecule has 0 aliphatic heterocycles. The van der Waals surface area contributed by atoms with Crippen LogP contribution in [0.15, 0.2) is 0 Å². The predicted molar refractivity (Wildman–Crippen MR) is 71.6 cm³/mol. The van der Waals surface area contributed by atoms with Gasteiger partial charge in [-0.05, 0) is 0 Å². The quantitative estimate of drug-likeness (QED) is 0.381. The van der Waals surface area contributed by atoms with Gasteiger partial charge in [0.25, 0.3) is 11.9 Å². The first-order valence-electron chi connectivity index (χ1n) is 6.42. The number of hydrogen-bond donors (Lipinski definition) is 0. The molecule has 0 saturated heterocycles. The minimum absolute atomic E-state index is 0.0956. The first kappa shape index (κ1) is 18.6. The molecule has 0 bridgehead atoms. The Morgan fingerprint density at radius 3 is 1.90 bits per heavy atom. The van der Waals surface area contributed by atoms with E-state index in [0.29, 0.717) is 6.42 Å². The number of carbonyl (C=O) groups excluding carboxylic acids is 3. The molecule has 7 nitrogen and oxygen atoms in total. The van der Waals surface area contributed by atoms with Crippen LogP contribution in [0.1, 0.15) is 40.5 Å². The van der Waals surface area contributed by atoms with Gasteiger partial charge in [0.15, 0.2) is 0 Å². The molecule has 0 amide bonds. The second-order valence-electron chi connectivity index (χ2n) is 4.31. The van der Waals surface area contributed by atoms with Crippen LogP contribution in [-0.4, -0.2) is 39.0 Å². The fourth-order valence-electron chi connectivity index (χ4n) is 1.40. The second kappa shape index (κ2) is 8.70. The van der Waals surface area contributed by atoms with E-state index < -0.39 is 26.8 Å². The maximum atomic E-state index is 11.2. The summed E-state index contributed by atoms with van der Waals surface area (Å²) in [6.07, 6.45) is -0.166. The summed E-state index contributed by atoms with van der Waals surface area (Å²) in [7, 11) is -3.13. The van der Waals surface area contributed by atoms with Crippen LogP contribution in [0.3, 0.4) is 0 Å². The fourth-order valence-corrected chi connectivity index (χ4v) is 3.26. The highest BCUT2D eigenvalue weighted by atomic mass is 28.4. The molecular formula is C12H22O7Si. The first-order valence-corrected chi connectivity index (χ1v) is 8.95. The highest BCUT2D eigenvalue weighted by Gasteiger charge is 2.40. The number of esters is 1. The monoisotopic (exact) mass is 306 g/mol. The second-order valence-corrected chi connectivity index (χ2v) is 7.28. The molecule has 0 spiro atoms. The summed E-state index contributed by atoms with van der Waals surface area (Å²) in [5, 5.41) is 0. The lowest BCUT2D eigenvalue weighted by Crippen LogP contribution is -2.48. The van der Waals surface area contributed by atoms with Crippen LogP contribution in [-0.2, 0) is 32.7 Å². The lowest BCUT2D eigenvalue weighted by atomic mass is 10.4. The van der Waals surface area contributed by atoms with E-state index in [9.17, 15) is 14.4 Å². The molecule has 0 aromatic carbocycles. The Bertz CT molecular complexity index is 340. The maximum absolute atomic E-state index is 11.2. The zero-order valence-electron chi connectivity index (χ0n) is 12.6. The van der Waals surface area contributed by atoms with Gasteiger partial charge in [-0.3, -0.25) is 14.4 Å². The van der Waals surface area contributed by atoms with Crippen molar-refractivity contribution in [1.29, 1.82) is 0 Å². The number of carbonyl (C=O) groups is 3. The SMILES string of the molecule is CCC(=O)OC(CC)OC[Si](C)(OC(C)=O)OC(C)=O. The van der Waals surface area contributed by atoms with E-state index in [1.54, 1.807) is 13.8 Å². The molecule has 0 rings (SSSR count). The molecule has 1 atom stereocenters. The number of hydrogen-bond acceptors (Lipinski definition) is 7. The molecule has 0 heterocycles. The van der Waals surface area contributed by atoms with Crippen LogP contribution in [0.5, 0.6) is 0 Å². The standard InChI is InChI=1S/C12H22O7Si/c1-6-11(15)17-12(7-2)16-8-20(5,18-9(3)13)19-10(4)14/h12H,6-8H2,1-5H3. The average Bonchev–Trinajstić information content (AvgIpc) is 2.31. The van der Waals surface area contributed by atoms with Gasteiger partial charge in [0.05, 0.1) is 0 Å². The summed E-state index contributed by atoms with van der Waals surface area (Å²) in [5.74, 6) is -1.49. The fraction of sp³-hybridized carbons (Fsp3) is 0.750. The van der Waals surface area contributed by atoms with Crippen LogP contribution in [0, 0.1) is 0 Å². The summed E-state index contributed by atoms with van der Waals surface area (Å²) < 4.78 is 20.6. The molecule has 0 N–H and O–H groups in total. The van der Waals surface area contributed by atoms with Gasteiger partial charge in [0.2, 0.25) is 6.29 Å². The van der Waals surface area contributed by atoms with Crippen LogP contribution in [0.4, 0.5) is 0 Å². The van der Waals surface area contributed by atoms with E-state index in [1.165, 1.54) is 20.4 Å². The van der Waals surface area contributed by atoms with E-state index in [2.05, 4.69) is 0 Å². The Kier molecular flexibility index (Phi) is 8.08. The summed E-state index contributed by atoms with van der Waals surface area (Å²) >= 11 is 0. The van der Waals surface area contributed by atoms with E-state index in [4.69, 9.17) is 18.3 Å². The predicted octanol–water partition coefficient (Wildman–Crippen LogP) is 1.43. The summed E-state index contributed by atoms with van der Waals surface area (Å²) in [6, 6.07) is 0. The molecule has 0 radical (unpaired) electrons. The van der Waals surface area contributed by atoms with Gasteiger partial charge in [-0.25, -0.2) is 0 Å². The number of ether oxygens (including phenoxy) is 2. The third kappa shape index (κ3) is 7.90. The highest BCUT2D eigenvalue weighted by Crippen LogP contribution is 2.12. The third-order valence-electron chi connectivity index (χ3n) is 2.14. The van der Waals surface area contributed by atoms with Gasteiger partial charge in [-0.15, -0.1) is 0 Å². The molecule has 20 heavy (non-hydrogen) atoms. The summed E-state index contributed by atoms with van der Waals surface area (Å²) in [5.41, 5.74) is 0. The normalized spacial score (nSPS) is 12.4. The van der Waals surface area contributed by atoms with Crippen molar-refractivity contribution in [3.8, 4) is 0 Å². The van der Waals surface area contributed by atoms with E-state index >= 15 is 0 Å². The Hall–Kier alpha value is -1.41. The Labute approximate surface area is 119 Å². The zero-order chi connectivity index (χ0) is 15.8. The largest absolute Gasteiger partial charge is 0.488 e. The Morgan fingerprint density at radius 1 is 1.05 bits per heavy atom. The van der Waals surface area contributed by atoms with Crippen molar-refractivity contribution < 1.29 is 32.7 Å². The van der Waals surface area contributed by atoms with Crippen molar-refractivity contribution in [2.45, 2.75) is 53.4 Å². The minimum Gasteiger partial charge on any atom is -0.484 e. The smallest absolute Gasteiger partial charge is 0.484 e. The average molecular weight is 306 g/mol. The molecule has 0 fully saturated rings. The maximum Gasteiger partial charge on any atom is 0.488 e. The molecule has 0 saturated carbocycles. The highest BCUT2D eigenvalue weighted by molar-refractivity contribution is 6.69. The van der Waals surface area contributed by atoms with Crippen molar-refractivity contribution in [3.63, 3.8) is 0 Å². The van der Waals surface area contributed by atoms with Crippen LogP contribution < -0.4 is 0 Å². The molecule has 0 aliphatic carbocycles. The van der Waals surface area contributed by atoms with Crippen molar-refractivity contribution >= 4 is 26.5 Å². The van der Waals surface area contributed by atoms with Crippen LogP contribution in [0.25, 0.3) is 0 Å². The van der Waals surface area contributed by atoms with Gasteiger partial charge < -0.3 is 18.3 Å². The van der Waals surface area contributed by atoms with Crippen molar-refractivity contribution in [1.82, 2.24) is 0 Å². The van der Waals surface area contributed by atoms with Crippen molar-refractivity contribution in [3.05, 3.63) is 0 Å². The molecule has 8 heteroatoms. The summed E-state index contributed by atoms with van der Waals surface area (Å²) in [6.45, 7) is 7.44. The topological polar surface area (TPSA) is 88.1 Å². The zero-order valence-corrected chi connectivity index (χ0v) is 13.6. The Balaban J connectivity index is 4.60. The van der Waals surface area contributed by atoms with E-state index in [1.807, 2.05) is 0 Å². The lowest BCUT2D eigenvalue weighted by molar-refractivity contribution is -0.177. The van der Waals surface area contributed by atoms with Crippen molar-refractivity contribution in [2.75, 3.05) is 6.23 Å². The lowest BCUT2D eigenvalue weighted by Gasteiger charge is -2.26. The molecule has 0 aromatic rings. The van der Waals surface area contributed by atoms with Gasteiger partial charge >= 0.3 is 14.5 Å². The van der Waals surface area contributed by atoms with Gasteiger partial charge in [-0.1, -0.05) is 13.8 Å². The molecule has 0 aliphatic rings. The minimum atomic E-state index is -3.13. The Morgan fingerprint density at radius 2 is 1.55 bits per heavy atom. The first-order chi connectivity index (χ1) is 9.22. The van der Waals surface area contributed by atoms with Gasteiger partial charge in [0, 0.05) is 33.2 Å². The molecule has 1 unspecified atom stereocenters. The molecule has 0 aromatic heterocycles. The third-order valence-corrected chi connectivity index (χ3v) is 4.27. The van der Waals surface area contributed by atoms with Crippen LogP contribution >= 0.6 is 0 Å².